The van der Waals surface area contributed by atoms with Crippen molar-refractivity contribution in [2.75, 3.05) is 12.3 Å². The smallest absolute Gasteiger partial charge is 0.301 e. The summed E-state index contributed by atoms with van der Waals surface area (Å²) in [6.07, 6.45) is 1.94. The minimum absolute atomic E-state index is 0.0605. The predicted molar refractivity (Wildman–Crippen MR) is 48.7 cm³/mol. The number of nitrogen functional groups attached to an aromatic ring is 1. The van der Waals surface area contributed by atoms with E-state index in [4.69, 9.17) is 10.5 Å². The van der Waals surface area contributed by atoms with Gasteiger partial charge in [0.1, 0.15) is 5.69 Å². The average Bonchev–Trinajstić information content (AvgIpc) is 2.17. The Morgan fingerprint density at radius 3 is 3.14 bits per heavy atom. The Balaban J connectivity index is 2.60. The molecule has 14 heavy (non-hydrogen) atoms. The first-order chi connectivity index (χ1) is 6.70. The van der Waals surface area contributed by atoms with Crippen molar-refractivity contribution in [1.29, 1.82) is 0 Å². The summed E-state index contributed by atoms with van der Waals surface area (Å²) >= 11 is 0. The maximum absolute atomic E-state index is 10.7. The van der Waals surface area contributed by atoms with Crippen LogP contribution in [0.1, 0.15) is 11.3 Å². The van der Waals surface area contributed by atoms with Gasteiger partial charge < -0.3 is 10.5 Å². The van der Waals surface area contributed by atoms with E-state index in [2.05, 4.69) is 4.98 Å². The number of rotatable bonds is 1. The monoisotopic (exact) mass is 195 g/mol. The lowest BCUT2D eigenvalue weighted by atomic mass is 10.1. The largest absolute Gasteiger partial charge is 0.392 e. The van der Waals surface area contributed by atoms with Crippen LogP contribution < -0.4 is 5.73 Å². The molecule has 74 valence electrons. The molecule has 2 N–H and O–H groups in total. The van der Waals surface area contributed by atoms with Crippen LogP contribution >= 0.6 is 0 Å². The van der Waals surface area contributed by atoms with E-state index >= 15 is 0 Å². The zero-order chi connectivity index (χ0) is 10.1. The molecule has 0 radical (unpaired) electrons. The van der Waals surface area contributed by atoms with Crippen molar-refractivity contribution in [2.24, 2.45) is 0 Å². The highest BCUT2D eigenvalue weighted by Gasteiger charge is 2.24. The summed E-state index contributed by atoms with van der Waals surface area (Å²) in [6.45, 7) is 0.782. The molecule has 0 aliphatic carbocycles. The molecule has 1 aliphatic rings. The van der Waals surface area contributed by atoms with Gasteiger partial charge in [-0.25, -0.2) is 0 Å². The van der Waals surface area contributed by atoms with E-state index in [0.29, 0.717) is 18.6 Å². The van der Waals surface area contributed by atoms with Crippen molar-refractivity contribution < 1.29 is 9.66 Å². The van der Waals surface area contributed by atoms with Crippen LogP contribution in [0.3, 0.4) is 0 Å². The molecule has 1 aliphatic heterocycles. The third kappa shape index (κ3) is 1.29. The van der Waals surface area contributed by atoms with Crippen molar-refractivity contribution in [1.82, 2.24) is 4.98 Å². The van der Waals surface area contributed by atoms with Gasteiger partial charge in [0.2, 0.25) is 0 Å². The Hall–Kier alpha value is -1.69. The van der Waals surface area contributed by atoms with Gasteiger partial charge in [-0.05, 0) is 0 Å². The van der Waals surface area contributed by atoms with E-state index in [9.17, 15) is 10.1 Å². The number of pyridine rings is 1. The van der Waals surface area contributed by atoms with Crippen LogP contribution in [0.4, 0.5) is 11.4 Å². The summed E-state index contributed by atoms with van der Waals surface area (Å²) in [4.78, 5) is 14.3. The number of hydrogen-bond acceptors (Lipinski definition) is 5. The van der Waals surface area contributed by atoms with Crippen LogP contribution in [0, 0.1) is 10.1 Å². The van der Waals surface area contributed by atoms with Gasteiger partial charge in [-0.3, -0.25) is 15.1 Å². The number of anilines is 1. The van der Waals surface area contributed by atoms with E-state index in [1.807, 2.05) is 0 Å². The second kappa shape index (κ2) is 3.22. The number of fused-ring (bicyclic) bond motifs is 1. The lowest BCUT2D eigenvalue weighted by Crippen LogP contribution is -2.15. The highest BCUT2D eigenvalue weighted by atomic mass is 16.6. The standard InChI is InChI=1S/C8H9N3O3/c9-6-3-10-7-1-2-14-4-5(7)8(6)11(12)13/h3H,1-2,4,9H2. The minimum atomic E-state index is -0.482. The lowest BCUT2D eigenvalue weighted by Gasteiger charge is -2.15. The summed E-state index contributed by atoms with van der Waals surface area (Å²) in [5, 5.41) is 10.7. The first kappa shape index (κ1) is 8.89. The maximum Gasteiger partial charge on any atom is 0.301 e. The first-order valence-electron chi connectivity index (χ1n) is 4.18. The molecule has 0 saturated carbocycles. The molecule has 0 bridgehead atoms. The molecule has 0 unspecified atom stereocenters. The van der Waals surface area contributed by atoms with Crippen molar-refractivity contribution in [3.05, 3.63) is 27.6 Å². The van der Waals surface area contributed by atoms with Crippen LogP contribution in [0.2, 0.25) is 0 Å². The molecule has 0 aromatic carbocycles. The van der Waals surface area contributed by atoms with Crippen LogP contribution in [0.15, 0.2) is 6.20 Å². The highest BCUT2D eigenvalue weighted by Crippen LogP contribution is 2.30. The van der Waals surface area contributed by atoms with Crippen molar-refractivity contribution in [3.63, 3.8) is 0 Å². The quantitative estimate of drug-likeness (QED) is 0.524. The molecule has 0 fully saturated rings. The van der Waals surface area contributed by atoms with E-state index < -0.39 is 4.92 Å². The molecule has 0 amide bonds. The number of nitrogens with two attached hydrogens (primary N) is 1. The molecule has 0 spiro atoms. The second-order valence-corrected chi connectivity index (χ2v) is 3.05. The topological polar surface area (TPSA) is 91.3 Å². The normalized spacial score (nSPS) is 14.9. The van der Waals surface area contributed by atoms with Crippen LogP contribution in [0.25, 0.3) is 0 Å². The minimum Gasteiger partial charge on any atom is -0.392 e. The highest BCUT2D eigenvalue weighted by molar-refractivity contribution is 5.62. The van der Waals surface area contributed by atoms with Crippen LogP contribution in [-0.4, -0.2) is 16.5 Å². The van der Waals surface area contributed by atoms with Gasteiger partial charge in [0.25, 0.3) is 0 Å². The van der Waals surface area contributed by atoms with Gasteiger partial charge in [-0.15, -0.1) is 0 Å². The predicted octanol–water partition coefficient (Wildman–Crippen LogP) is 0.645. The Morgan fingerprint density at radius 1 is 1.64 bits per heavy atom. The van der Waals surface area contributed by atoms with Crippen molar-refractivity contribution >= 4 is 11.4 Å². The summed E-state index contributed by atoms with van der Waals surface area (Å²) in [5.41, 5.74) is 6.76. The summed E-state index contributed by atoms with van der Waals surface area (Å²) in [5.74, 6) is 0. The number of ether oxygens (including phenoxy) is 1. The summed E-state index contributed by atoms with van der Waals surface area (Å²) < 4.78 is 5.14. The van der Waals surface area contributed by atoms with Gasteiger partial charge in [-0.2, -0.15) is 0 Å². The molecule has 2 rings (SSSR count). The summed E-state index contributed by atoms with van der Waals surface area (Å²) in [6, 6.07) is 0. The van der Waals surface area contributed by atoms with E-state index in [1.165, 1.54) is 6.20 Å². The van der Waals surface area contributed by atoms with Crippen molar-refractivity contribution in [2.45, 2.75) is 13.0 Å². The fourth-order valence-electron chi connectivity index (χ4n) is 1.52. The summed E-state index contributed by atoms with van der Waals surface area (Å²) in [7, 11) is 0. The Kier molecular flexibility index (Phi) is 2.05. The fraction of sp³-hybridized carbons (Fsp3) is 0.375. The van der Waals surface area contributed by atoms with Gasteiger partial charge in [0, 0.05) is 6.42 Å². The molecule has 6 nitrogen and oxygen atoms in total. The first-order valence-corrected chi connectivity index (χ1v) is 4.18. The SMILES string of the molecule is Nc1cnc2c(c1[N+](=O)[O-])COCC2. The fourth-order valence-corrected chi connectivity index (χ4v) is 1.52. The Morgan fingerprint density at radius 2 is 2.43 bits per heavy atom. The number of nitro groups is 1. The van der Waals surface area contributed by atoms with Gasteiger partial charge in [-0.1, -0.05) is 0 Å². The number of hydrogen-bond donors (Lipinski definition) is 1. The van der Waals surface area contributed by atoms with Gasteiger partial charge in [0.05, 0.1) is 35.6 Å². The second-order valence-electron chi connectivity index (χ2n) is 3.05. The van der Waals surface area contributed by atoms with E-state index in [0.717, 1.165) is 5.69 Å². The average molecular weight is 195 g/mol. The third-order valence-corrected chi connectivity index (χ3v) is 2.18. The van der Waals surface area contributed by atoms with Gasteiger partial charge >= 0.3 is 5.69 Å². The van der Waals surface area contributed by atoms with Crippen molar-refractivity contribution in [3.8, 4) is 0 Å². The zero-order valence-corrected chi connectivity index (χ0v) is 7.40. The molecule has 1 aromatic rings. The molecule has 0 atom stereocenters. The van der Waals surface area contributed by atoms with E-state index in [-0.39, 0.29) is 18.0 Å². The molecular formula is C8H9N3O3. The molecule has 0 saturated heterocycles. The molecule has 1 aromatic heterocycles. The van der Waals surface area contributed by atoms with E-state index in [1.54, 1.807) is 0 Å². The number of aromatic nitrogens is 1. The lowest BCUT2D eigenvalue weighted by molar-refractivity contribution is -0.385. The molecular weight excluding hydrogens is 186 g/mol. The number of nitrogens with zero attached hydrogens (tertiary/aromatic N) is 2. The Bertz CT molecular complexity index is 392. The van der Waals surface area contributed by atoms with Gasteiger partial charge in [0.15, 0.2) is 0 Å². The van der Waals surface area contributed by atoms with Crippen LogP contribution in [-0.2, 0) is 17.8 Å². The zero-order valence-electron chi connectivity index (χ0n) is 7.40. The third-order valence-electron chi connectivity index (χ3n) is 2.18. The maximum atomic E-state index is 10.7. The molecule has 2 heterocycles. The Labute approximate surface area is 79.8 Å². The molecule has 6 heteroatoms. The van der Waals surface area contributed by atoms with Crippen LogP contribution in [0.5, 0.6) is 0 Å².